The van der Waals surface area contributed by atoms with Gasteiger partial charge in [-0.25, -0.2) is 0 Å². The van der Waals surface area contributed by atoms with E-state index in [-0.39, 0.29) is 17.4 Å². The van der Waals surface area contributed by atoms with Gasteiger partial charge in [0.25, 0.3) is 0 Å². The van der Waals surface area contributed by atoms with Crippen LogP contribution >= 0.6 is 0 Å². The molecule has 15 heavy (non-hydrogen) atoms. The molecule has 1 aromatic carbocycles. The monoisotopic (exact) mass is 249 g/mol. The Labute approximate surface area is 101 Å². The number of carbonyl (C=O) groups is 3. The zero-order chi connectivity index (χ0) is 11.8. The van der Waals surface area contributed by atoms with Gasteiger partial charge in [0, 0.05) is 30.1 Å². The van der Waals surface area contributed by atoms with Crippen LogP contribution in [0.5, 0.6) is 0 Å². The molecule has 0 aliphatic heterocycles. The molecule has 1 rings (SSSR count). The maximum Gasteiger partial charge on any atom is 0.106 e. The van der Waals surface area contributed by atoms with Crippen molar-refractivity contribution in [2.24, 2.45) is 0 Å². The third-order valence-corrected chi connectivity index (χ3v) is 1.06. The van der Waals surface area contributed by atoms with E-state index >= 15 is 0 Å². The first-order valence-corrected chi connectivity index (χ1v) is 3.53. The van der Waals surface area contributed by atoms with Crippen molar-refractivity contribution >= 4 is 26.1 Å². The maximum absolute atomic E-state index is 8.00. The number of anilines is 1. The van der Waals surface area contributed by atoms with Gasteiger partial charge in [0.2, 0.25) is 0 Å². The zero-order valence-electron chi connectivity index (χ0n) is 8.64. The summed E-state index contributed by atoms with van der Waals surface area (Å²) in [7, 11) is 1.91. The van der Waals surface area contributed by atoms with Gasteiger partial charge in [0.1, 0.15) is 20.4 Å². The Morgan fingerprint density at radius 3 is 1.40 bits per heavy atom. The van der Waals surface area contributed by atoms with E-state index in [0.29, 0.717) is 0 Å². The summed E-state index contributed by atoms with van der Waals surface area (Å²) >= 11 is 0. The van der Waals surface area contributed by atoms with Crippen LogP contribution in [-0.2, 0) is 31.7 Å². The van der Waals surface area contributed by atoms with Gasteiger partial charge in [-0.05, 0) is 12.1 Å². The number of carbonyl (C=O) groups excluding carboxylic acids is 3. The van der Waals surface area contributed by atoms with Gasteiger partial charge >= 0.3 is 0 Å². The van der Waals surface area contributed by atoms with Crippen LogP contribution in [0.2, 0.25) is 0 Å². The van der Waals surface area contributed by atoms with Gasteiger partial charge in [-0.15, -0.1) is 0 Å². The first-order valence-electron chi connectivity index (χ1n) is 3.53. The molecule has 4 nitrogen and oxygen atoms in total. The summed E-state index contributed by atoms with van der Waals surface area (Å²) in [5.41, 5.74) is 1.16. The fraction of sp³-hybridized carbons (Fsp3) is 0.100. The fourth-order valence-electron chi connectivity index (χ4n) is 0.605. The van der Waals surface area contributed by atoms with Crippen LogP contribution < -0.4 is 5.32 Å². The van der Waals surface area contributed by atoms with Crippen molar-refractivity contribution in [3.8, 4) is 0 Å². The molecular formula is C10H15CrNO3. The van der Waals surface area contributed by atoms with Gasteiger partial charge in [0.05, 0.1) is 0 Å². The molecule has 0 saturated carbocycles. The molecule has 1 N–H and O–H groups in total. The molecule has 0 atom stereocenters. The van der Waals surface area contributed by atoms with Crippen molar-refractivity contribution in [3.63, 3.8) is 0 Å². The zero-order valence-corrected chi connectivity index (χ0v) is 9.92. The van der Waals surface area contributed by atoms with Crippen molar-refractivity contribution in [2.75, 3.05) is 12.4 Å². The van der Waals surface area contributed by atoms with Gasteiger partial charge in [-0.2, -0.15) is 0 Å². The summed E-state index contributed by atoms with van der Waals surface area (Å²) in [6, 6.07) is 10.1. The average molecular weight is 249 g/mol. The van der Waals surface area contributed by atoms with Crippen LogP contribution in [0.1, 0.15) is 0 Å². The van der Waals surface area contributed by atoms with Crippen LogP contribution in [0.25, 0.3) is 0 Å². The molecule has 0 unspecified atom stereocenters. The smallest absolute Gasteiger partial charge is 0.106 e. The van der Waals surface area contributed by atoms with Crippen molar-refractivity contribution < 1.29 is 31.7 Å². The number of rotatable bonds is 1. The topological polar surface area (TPSA) is 63.2 Å². The molecule has 0 radical (unpaired) electrons. The third kappa shape index (κ3) is 19.1. The molecule has 0 spiro atoms. The Morgan fingerprint density at radius 2 is 1.20 bits per heavy atom. The van der Waals surface area contributed by atoms with E-state index in [0.717, 1.165) is 5.69 Å². The summed E-state index contributed by atoms with van der Waals surface area (Å²) < 4.78 is 0. The van der Waals surface area contributed by atoms with Crippen LogP contribution in [0.15, 0.2) is 30.3 Å². The molecule has 0 aliphatic rings. The predicted molar refractivity (Wildman–Crippen MR) is 57.4 cm³/mol. The van der Waals surface area contributed by atoms with E-state index in [9.17, 15) is 0 Å². The minimum Gasteiger partial charge on any atom is -0.388 e. The van der Waals surface area contributed by atoms with E-state index in [2.05, 4.69) is 5.32 Å². The number of para-hydroxylation sites is 1. The summed E-state index contributed by atoms with van der Waals surface area (Å²) in [5, 5.41) is 3.03. The van der Waals surface area contributed by atoms with Gasteiger partial charge < -0.3 is 19.7 Å². The van der Waals surface area contributed by atoms with Crippen LogP contribution in [-0.4, -0.2) is 27.4 Å². The van der Waals surface area contributed by atoms with Crippen molar-refractivity contribution in [1.82, 2.24) is 0 Å². The third-order valence-electron chi connectivity index (χ3n) is 1.06. The second kappa shape index (κ2) is 29.4. The van der Waals surface area contributed by atoms with E-state index in [4.69, 9.17) is 14.4 Å². The molecular weight excluding hydrogens is 234 g/mol. The van der Waals surface area contributed by atoms with Crippen molar-refractivity contribution in [3.05, 3.63) is 30.3 Å². The molecule has 0 bridgehead atoms. The largest absolute Gasteiger partial charge is 0.388 e. The molecule has 1 aromatic rings. The van der Waals surface area contributed by atoms with E-state index in [1.165, 1.54) is 0 Å². The number of hydrogen-bond acceptors (Lipinski definition) is 4. The van der Waals surface area contributed by atoms with Crippen LogP contribution in [0.4, 0.5) is 5.69 Å². The Hall–Kier alpha value is -1.44. The molecule has 0 fully saturated rings. The van der Waals surface area contributed by atoms with E-state index in [1.54, 1.807) is 0 Å². The summed E-state index contributed by atoms with van der Waals surface area (Å²) in [6.45, 7) is 6.00. The fourth-order valence-corrected chi connectivity index (χ4v) is 0.605. The summed E-state index contributed by atoms with van der Waals surface area (Å²) in [6.07, 6.45) is 0. The number of benzene rings is 1. The Morgan fingerprint density at radius 1 is 0.867 bits per heavy atom. The molecule has 0 amide bonds. The molecule has 0 heterocycles. The van der Waals surface area contributed by atoms with Crippen LogP contribution in [0.3, 0.4) is 0 Å². The first kappa shape index (κ1) is 23.4. The summed E-state index contributed by atoms with van der Waals surface area (Å²) in [4.78, 5) is 24.0. The normalized spacial score (nSPS) is 5.40. The molecule has 5 heteroatoms. The average Bonchev–Trinajstić information content (AvgIpc) is 2.37. The molecule has 0 aromatic heterocycles. The predicted octanol–water partition coefficient (Wildman–Crippen LogP) is 1.17. The number of nitrogens with one attached hydrogen (secondary N) is 1. The van der Waals surface area contributed by atoms with Crippen molar-refractivity contribution in [1.29, 1.82) is 0 Å². The number of hydrogen-bond donors (Lipinski definition) is 1. The Bertz CT molecular complexity index is 192. The maximum atomic E-state index is 8.00. The minimum absolute atomic E-state index is 0. The molecule has 84 valence electrons. The minimum atomic E-state index is 0. The Balaban J connectivity index is -0.0000000755. The SMILES string of the molecule is C=O.C=O.C=O.CNc1ccccc1.[Cr]. The van der Waals surface area contributed by atoms with Crippen molar-refractivity contribution in [2.45, 2.75) is 0 Å². The van der Waals surface area contributed by atoms with Crippen LogP contribution in [0, 0.1) is 0 Å². The first-order chi connectivity index (χ1) is 6.93. The second-order valence-electron chi connectivity index (χ2n) is 1.62. The molecule has 0 aliphatic carbocycles. The van der Waals surface area contributed by atoms with E-state index < -0.39 is 0 Å². The summed E-state index contributed by atoms with van der Waals surface area (Å²) in [5.74, 6) is 0. The second-order valence-corrected chi connectivity index (χ2v) is 1.62. The van der Waals surface area contributed by atoms with E-state index in [1.807, 2.05) is 57.7 Å². The van der Waals surface area contributed by atoms with Gasteiger partial charge in [0.15, 0.2) is 0 Å². The Kier molecular flexibility index (Phi) is 45.8. The quantitative estimate of drug-likeness (QED) is 0.811. The molecule has 0 saturated heterocycles. The van der Waals surface area contributed by atoms with Gasteiger partial charge in [-0.1, -0.05) is 18.2 Å². The van der Waals surface area contributed by atoms with Gasteiger partial charge in [-0.3, -0.25) is 0 Å². The standard InChI is InChI=1S/C7H9N.3CH2O.Cr/c1-8-7-5-3-2-4-6-7;3*1-2;/h2-6,8H,1H3;3*1H2;.